The lowest BCUT2D eigenvalue weighted by atomic mass is 10.1. The van der Waals surface area contributed by atoms with Crippen molar-refractivity contribution in [3.63, 3.8) is 0 Å². The molecule has 2 N–H and O–H groups in total. The molecule has 1 aliphatic rings. The van der Waals surface area contributed by atoms with Crippen LogP contribution in [0, 0.1) is 13.8 Å². The zero-order valence-electron chi connectivity index (χ0n) is 11.0. The van der Waals surface area contributed by atoms with Gasteiger partial charge in [0.2, 0.25) is 0 Å². The van der Waals surface area contributed by atoms with Gasteiger partial charge in [-0.2, -0.15) is 0 Å². The fraction of sp³-hybridized carbons (Fsp3) is 0.643. The molecular weight excluding hydrogens is 210 g/mol. The highest BCUT2D eigenvalue weighted by Crippen LogP contribution is 2.26. The van der Waals surface area contributed by atoms with Crippen LogP contribution >= 0.6 is 0 Å². The highest BCUT2D eigenvalue weighted by Gasteiger charge is 2.15. The number of nitrogens with zero attached hydrogens (tertiary/aromatic N) is 2. The van der Waals surface area contributed by atoms with Crippen molar-refractivity contribution in [3.05, 3.63) is 23.0 Å². The smallest absolute Gasteiger partial charge is 0.0448 e. The normalized spacial score (nSPS) is 17.0. The van der Waals surface area contributed by atoms with Gasteiger partial charge in [-0.25, -0.2) is 0 Å². The van der Waals surface area contributed by atoms with E-state index in [0.717, 1.165) is 24.5 Å². The summed E-state index contributed by atoms with van der Waals surface area (Å²) in [6.07, 6.45) is 5.31. The van der Waals surface area contributed by atoms with Crippen molar-refractivity contribution in [2.24, 2.45) is 5.73 Å². The topological polar surface area (TPSA) is 42.1 Å². The largest absolute Gasteiger partial charge is 0.371 e. The van der Waals surface area contributed by atoms with Gasteiger partial charge in [0.25, 0.3) is 0 Å². The van der Waals surface area contributed by atoms with Crippen molar-refractivity contribution >= 4 is 5.69 Å². The molecule has 0 spiro atoms. The van der Waals surface area contributed by atoms with E-state index >= 15 is 0 Å². The van der Waals surface area contributed by atoms with Gasteiger partial charge in [0.05, 0.1) is 0 Å². The Bertz CT molecular complexity index is 379. The van der Waals surface area contributed by atoms with Gasteiger partial charge in [-0.05, 0) is 32.8 Å². The highest BCUT2D eigenvalue weighted by molar-refractivity contribution is 5.56. The lowest BCUT2D eigenvalue weighted by molar-refractivity contribution is 0.726. The molecule has 0 bridgehead atoms. The van der Waals surface area contributed by atoms with Crippen molar-refractivity contribution in [1.29, 1.82) is 0 Å². The van der Waals surface area contributed by atoms with Crippen LogP contribution < -0.4 is 10.6 Å². The van der Waals surface area contributed by atoms with Gasteiger partial charge in [-0.1, -0.05) is 12.8 Å². The van der Waals surface area contributed by atoms with Crippen LogP contribution in [-0.4, -0.2) is 18.1 Å². The highest BCUT2D eigenvalue weighted by atomic mass is 15.1. The fourth-order valence-corrected chi connectivity index (χ4v) is 2.68. The van der Waals surface area contributed by atoms with Crippen molar-refractivity contribution < 1.29 is 0 Å². The zero-order chi connectivity index (χ0) is 12.3. The van der Waals surface area contributed by atoms with E-state index < -0.39 is 0 Å². The van der Waals surface area contributed by atoms with Crippen LogP contribution in [0.15, 0.2) is 6.07 Å². The second kappa shape index (κ2) is 5.50. The Kier molecular flexibility index (Phi) is 4.00. The Morgan fingerprint density at radius 3 is 2.41 bits per heavy atom. The Labute approximate surface area is 104 Å². The first-order valence-electron chi connectivity index (χ1n) is 6.64. The van der Waals surface area contributed by atoms with Gasteiger partial charge < -0.3 is 10.6 Å². The predicted molar refractivity (Wildman–Crippen MR) is 72.3 cm³/mol. The predicted octanol–water partition coefficient (Wildman–Crippen LogP) is 2.54. The summed E-state index contributed by atoms with van der Waals surface area (Å²) >= 11 is 0. The number of hydrogen-bond donors (Lipinski definition) is 1. The van der Waals surface area contributed by atoms with Gasteiger partial charge in [0.15, 0.2) is 0 Å². The number of aryl methyl sites for hydroxylation is 2. The summed E-state index contributed by atoms with van der Waals surface area (Å²) < 4.78 is 0. The minimum atomic E-state index is 0.588. The Morgan fingerprint density at radius 2 is 1.82 bits per heavy atom. The molecule has 1 fully saturated rings. The molecule has 1 saturated heterocycles. The molecule has 0 unspecified atom stereocenters. The molecule has 2 heterocycles. The molecule has 3 heteroatoms. The first-order valence-corrected chi connectivity index (χ1v) is 6.64. The molecule has 0 aliphatic carbocycles. The SMILES string of the molecule is Cc1cc(N2CCCCCC2)c(CN)c(C)n1. The molecule has 0 amide bonds. The maximum Gasteiger partial charge on any atom is 0.0448 e. The van der Waals surface area contributed by atoms with Gasteiger partial charge >= 0.3 is 0 Å². The number of rotatable bonds is 2. The van der Waals surface area contributed by atoms with Gasteiger partial charge in [0, 0.05) is 42.3 Å². The maximum absolute atomic E-state index is 5.88. The number of aromatic nitrogens is 1. The minimum Gasteiger partial charge on any atom is -0.371 e. The molecule has 0 radical (unpaired) electrons. The van der Waals surface area contributed by atoms with Crippen LogP contribution in [0.4, 0.5) is 5.69 Å². The van der Waals surface area contributed by atoms with Crippen molar-refractivity contribution in [2.45, 2.75) is 46.1 Å². The zero-order valence-corrected chi connectivity index (χ0v) is 11.0. The van der Waals surface area contributed by atoms with Crippen LogP contribution in [0.5, 0.6) is 0 Å². The minimum absolute atomic E-state index is 0.588. The summed E-state index contributed by atoms with van der Waals surface area (Å²) in [5, 5.41) is 0. The van der Waals surface area contributed by atoms with E-state index in [2.05, 4.69) is 29.8 Å². The number of anilines is 1. The van der Waals surface area contributed by atoms with Crippen LogP contribution in [0.2, 0.25) is 0 Å². The third-order valence-corrected chi connectivity index (χ3v) is 3.59. The first kappa shape index (κ1) is 12.4. The lowest BCUT2D eigenvalue weighted by Gasteiger charge is -2.26. The monoisotopic (exact) mass is 233 g/mol. The molecule has 0 aromatic carbocycles. The standard InChI is InChI=1S/C14H23N3/c1-11-9-14(13(10-15)12(2)16-11)17-7-5-3-4-6-8-17/h9H,3-8,10,15H2,1-2H3. The molecule has 3 nitrogen and oxygen atoms in total. The molecule has 17 heavy (non-hydrogen) atoms. The van der Waals surface area contributed by atoms with Crippen molar-refractivity contribution in [2.75, 3.05) is 18.0 Å². The quantitative estimate of drug-likeness (QED) is 0.853. The third-order valence-electron chi connectivity index (χ3n) is 3.59. The summed E-state index contributed by atoms with van der Waals surface area (Å²) in [6, 6.07) is 2.19. The Hall–Kier alpha value is -1.09. The second-order valence-electron chi connectivity index (χ2n) is 4.95. The van der Waals surface area contributed by atoms with E-state index in [1.807, 2.05) is 0 Å². The molecular formula is C14H23N3. The van der Waals surface area contributed by atoms with E-state index in [9.17, 15) is 0 Å². The average Bonchev–Trinajstić information content (AvgIpc) is 2.56. The summed E-state index contributed by atoms with van der Waals surface area (Å²) in [7, 11) is 0. The summed E-state index contributed by atoms with van der Waals surface area (Å²) in [4.78, 5) is 7.01. The van der Waals surface area contributed by atoms with E-state index in [1.165, 1.54) is 36.9 Å². The number of nitrogens with two attached hydrogens (primary N) is 1. The molecule has 1 aliphatic heterocycles. The van der Waals surface area contributed by atoms with Crippen LogP contribution in [-0.2, 0) is 6.54 Å². The molecule has 2 rings (SSSR count). The van der Waals surface area contributed by atoms with Crippen molar-refractivity contribution in [3.8, 4) is 0 Å². The van der Waals surface area contributed by atoms with E-state index in [0.29, 0.717) is 6.54 Å². The van der Waals surface area contributed by atoms with Crippen molar-refractivity contribution in [1.82, 2.24) is 4.98 Å². The number of pyridine rings is 1. The summed E-state index contributed by atoms with van der Waals surface area (Å²) in [5.74, 6) is 0. The van der Waals surface area contributed by atoms with Gasteiger partial charge in [-0.15, -0.1) is 0 Å². The fourth-order valence-electron chi connectivity index (χ4n) is 2.68. The Morgan fingerprint density at radius 1 is 1.18 bits per heavy atom. The molecule has 0 saturated carbocycles. The molecule has 1 aromatic heterocycles. The summed E-state index contributed by atoms with van der Waals surface area (Å²) in [6.45, 7) is 7.04. The second-order valence-corrected chi connectivity index (χ2v) is 4.95. The van der Waals surface area contributed by atoms with Crippen LogP contribution in [0.1, 0.15) is 42.6 Å². The molecule has 0 atom stereocenters. The van der Waals surface area contributed by atoms with E-state index in [-0.39, 0.29) is 0 Å². The van der Waals surface area contributed by atoms with Gasteiger partial charge in [-0.3, -0.25) is 4.98 Å². The first-order chi connectivity index (χ1) is 8.22. The third kappa shape index (κ3) is 2.78. The number of hydrogen-bond acceptors (Lipinski definition) is 3. The van der Waals surface area contributed by atoms with Gasteiger partial charge in [0.1, 0.15) is 0 Å². The van der Waals surface area contributed by atoms with Crippen LogP contribution in [0.3, 0.4) is 0 Å². The Balaban J connectivity index is 2.34. The van der Waals surface area contributed by atoms with E-state index in [1.54, 1.807) is 0 Å². The average molecular weight is 233 g/mol. The van der Waals surface area contributed by atoms with E-state index in [4.69, 9.17) is 5.73 Å². The molecule has 1 aromatic rings. The van der Waals surface area contributed by atoms with Crippen LogP contribution in [0.25, 0.3) is 0 Å². The molecule has 94 valence electrons. The lowest BCUT2D eigenvalue weighted by Crippen LogP contribution is -2.26. The maximum atomic E-state index is 5.88. The summed E-state index contributed by atoms with van der Waals surface area (Å²) in [5.41, 5.74) is 10.6.